The summed E-state index contributed by atoms with van der Waals surface area (Å²) >= 11 is 0. The summed E-state index contributed by atoms with van der Waals surface area (Å²) in [6, 6.07) is 4.79. The summed E-state index contributed by atoms with van der Waals surface area (Å²) in [7, 11) is 0. The van der Waals surface area contributed by atoms with Crippen molar-refractivity contribution in [2.45, 2.75) is 69.9 Å². The molecule has 0 aromatic carbocycles. The van der Waals surface area contributed by atoms with Crippen molar-refractivity contribution in [1.29, 1.82) is 0 Å². The molecular formula is C21H30N2O2+2. The molecule has 3 rings (SSSR count). The van der Waals surface area contributed by atoms with Gasteiger partial charge in [-0.2, -0.15) is 0 Å². The van der Waals surface area contributed by atoms with Crippen LogP contribution in [-0.4, -0.2) is 24.7 Å². The molecule has 0 amide bonds. The minimum atomic E-state index is -0.532. The van der Waals surface area contributed by atoms with E-state index in [-0.39, 0.29) is 5.97 Å². The second-order valence-corrected chi connectivity index (χ2v) is 7.42. The maximum Gasteiger partial charge on any atom is 0.304 e. The molecule has 1 aromatic heterocycles. The number of aromatic amines is 1. The normalized spacial score (nSPS) is 25.5. The minimum Gasteiger partial charge on any atom is -0.446 e. The molecule has 1 aromatic rings. The summed E-state index contributed by atoms with van der Waals surface area (Å²) < 4.78 is 5.65. The third-order valence-corrected chi connectivity index (χ3v) is 5.50. The number of nitrogens with one attached hydrogen (secondary N) is 2. The van der Waals surface area contributed by atoms with Gasteiger partial charge in [0, 0.05) is 19.4 Å². The quantitative estimate of drug-likeness (QED) is 0.673. The van der Waals surface area contributed by atoms with Crippen molar-refractivity contribution in [2.24, 2.45) is 0 Å². The molecule has 134 valence electrons. The summed E-state index contributed by atoms with van der Waals surface area (Å²) in [6.45, 7) is 3.48. The van der Waals surface area contributed by atoms with Crippen LogP contribution in [0.5, 0.6) is 0 Å². The minimum absolute atomic E-state index is 0.209. The molecular weight excluding hydrogens is 312 g/mol. The van der Waals surface area contributed by atoms with Crippen molar-refractivity contribution in [3.8, 4) is 11.8 Å². The Bertz CT molecular complexity index is 626. The maximum absolute atomic E-state index is 11.5. The SMILES string of the molecule is CC(=O)OC1(C#CC[NH+]2CCCCC2c2ccc[nH+]c2)CCCCC1. The van der Waals surface area contributed by atoms with E-state index in [1.807, 2.05) is 6.20 Å². The number of H-pyrrole nitrogens is 1. The van der Waals surface area contributed by atoms with Crippen molar-refractivity contribution in [2.75, 3.05) is 13.1 Å². The molecule has 1 aliphatic carbocycles. The number of piperidine rings is 1. The lowest BCUT2D eigenvalue weighted by molar-refractivity contribution is -0.930. The van der Waals surface area contributed by atoms with E-state index < -0.39 is 5.60 Å². The summed E-state index contributed by atoms with van der Waals surface area (Å²) in [5, 5.41) is 0. The van der Waals surface area contributed by atoms with Crippen molar-refractivity contribution < 1.29 is 19.4 Å². The zero-order valence-corrected chi connectivity index (χ0v) is 15.3. The molecule has 0 spiro atoms. The average molecular weight is 342 g/mol. The fourth-order valence-electron chi connectivity index (χ4n) is 4.29. The molecule has 1 saturated carbocycles. The van der Waals surface area contributed by atoms with E-state index in [1.165, 1.54) is 43.1 Å². The first kappa shape index (κ1) is 17.9. The number of rotatable bonds is 3. The summed E-state index contributed by atoms with van der Waals surface area (Å²) in [6.07, 6.45) is 13.0. The highest BCUT2D eigenvalue weighted by atomic mass is 16.6. The van der Waals surface area contributed by atoms with Crippen LogP contribution in [0.4, 0.5) is 0 Å². The van der Waals surface area contributed by atoms with Gasteiger partial charge in [0.2, 0.25) is 0 Å². The van der Waals surface area contributed by atoms with Gasteiger partial charge in [-0.05, 0) is 56.4 Å². The highest BCUT2D eigenvalue weighted by Crippen LogP contribution is 2.31. The van der Waals surface area contributed by atoms with Crippen LogP contribution in [0.2, 0.25) is 0 Å². The van der Waals surface area contributed by atoms with E-state index in [2.05, 4.69) is 35.2 Å². The van der Waals surface area contributed by atoms with Gasteiger partial charge in [0.25, 0.3) is 0 Å². The van der Waals surface area contributed by atoms with Crippen LogP contribution in [0.3, 0.4) is 0 Å². The highest BCUT2D eigenvalue weighted by molar-refractivity contribution is 5.67. The lowest BCUT2D eigenvalue weighted by Gasteiger charge is -2.32. The molecule has 4 nitrogen and oxygen atoms in total. The number of carbonyl (C=O) groups is 1. The van der Waals surface area contributed by atoms with Gasteiger partial charge < -0.3 is 9.64 Å². The van der Waals surface area contributed by atoms with Crippen LogP contribution in [-0.2, 0) is 9.53 Å². The highest BCUT2D eigenvalue weighted by Gasteiger charge is 2.34. The van der Waals surface area contributed by atoms with E-state index in [1.54, 1.807) is 0 Å². The number of aromatic nitrogens is 1. The Labute approximate surface area is 151 Å². The molecule has 2 heterocycles. The standard InChI is InChI=1S/C21H28N2O2/c1-18(24)25-21(11-4-2-5-12-21)13-8-16-23-15-6-3-10-20(23)19-9-7-14-22-17-19/h7,9,14,17,20H,2-6,10-12,15-16H2,1H3/p+2. The van der Waals surface area contributed by atoms with Gasteiger partial charge in [-0.3, -0.25) is 4.79 Å². The topological polar surface area (TPSA) is 44.9 Å². The van der Waals surface area contributed by atoms with Crippen LogP contribution in [0.25, 0.3) is 0 Å². The number of likely N-dealkylation sites (tertiary alicyclic amines) is 1. The van der Waals surface area contributed by atoms with Crippen LogP contribution < -0.4 is 9.88 Å². The molecule has 1 saturated heterocycles. The number of esters is 1. The van der Waals surface area contributed by atoms with E-state index in [0.29, 0.717) is 6.04 Å². The molecule has 2 aliphatic rings. The van der Waals surface area contributed by atoms with Crippen LogP contribution in [0.1, 0.15) is 69.9 Å². The van der Waals surface area contributed by atoms with E-state index in [0.717, 1.165) is 38.8 Å². The van der Waals surface area contributed by atoms with Gasteiger partial charge in [-0.25, -0.2) is 4.98 Å². The number of quaternary nitrogens is 1. The molecule has 0 radical (unpaired) electrons. The van der Waals surface area contributed by atoms with Gasteiger partial charge in [-0.15, -0.1) is 0 Å². The smallest absolute Gasteiger partial charge is 0.304 e. The first-order valence-corrected chi connectivity index (χ1v) is 9.69. The molecule has 25 heavy (non-hydrogen) atoms. The van der Waals surface area contributed by atoms with Gasteiger partial charge in [0.05, 0.1) is 12.1 Å². The monoisotopic (exact) mass is 342 g/mol. The third-order valence-electron chi connectivity index (χ3n) is 5.50. The van der Waals surface area contributed by atoms with E-state index >= 15 is 0 Å². The second kappa shape index (κ2) is 8.49. The second-order valence-electron chi connectivity index (χ2n) is 7.42. The first-order chi connectivity index (χ1) is 12.2. The summed E-state index contributed by atoms with van der Waals surface area (Å²) in [5.74, 6) is 6.55. The number of carbonyl (C=O) groups excluding carboxylic acids is 1. The first-order valence-electron chi connectivity index (χ1n) is 9.69. The molecule has 4 heteroatoms. The number of hydrogen-bond donors (Lipinski definition) is 1. The van der Waals surface area contributed by atoms with Crippen molar-refractivity contribution in [3.63, 3.8) is 0 Å². The van der Waals surface area contributed by atoms with Crippen LogP contribution in [0, 0.1) is 11.8 Å². The Morgan fingerprint density at radius 2 is 2.16 bits per heavy atom. The van der Waals surface area contributed by atoms with Crippen molar-refractivity contribution in [1.82, 2.24) is 0 Å². The summed E-state index contributed by atoms with van der Waals surface area (Å²) in [5.41, 5.74) is 0.835. The van der Waals surface area contributed by atoms with Gasteiger partial charge in [0.1, 0.15) is 12.6 Å². The van der Waals surface area contributed by atoms with E-state index in [9.17, 15) is 4.79 Å². The predicted octanol–water partition coefficient (Wildman–Crippen LogP) is 1.88. The van der Waals surface area contributed by atoms with Crippen molar-refractivity contribution >= 4 is 5.97 Å². The van der Waals surface area contributed by atoms with Gasteiger partial charge >= 0.3 is 5.97 Å². The predicted molar refractivity (Wildman–Crippen MR) is 95.6 cm³/mol. The van der Waals surface area contributed by atoms with Gasteiger partial charge in [-0.1, -0.05) is 6.42 Å². The number of pyridine rings is 1. The zero-order valence-electron chi connectivity index (χ0n) is 15.3. The lowest BCUT2D eigenvalue weighted by atomic mass is 9.85. The van der Waals surface area contributed by atoms with Crippen LogP contribution in [0.15, 0.2) is 24.5 Å². The molecule has 1 aliphatic heterocycles. The maximum atomic E-state index is 11.5. The largest absolute Gasteiger partial charge is 0.446 e. The Morgan fingerprint density at radius 3 is 2.88 bits per heavy atom. The van der Waals surface area contributed by atoms with Crippen LogP contribution >= 0.6 is 0 Å². The third kappa shape index (κ3) is 4.83. The Balaban J connectivity index is 1.70. The molecule has 2 fully saturated rings. The Hall–Kier alpha value is -1.86. The lowest BCUT2D eigenvalue weighted by Crippen LogP contribution is -3.13. The van der Waals surface area contributed by atoms with Crippen molar-refractivity contribution in [3.05, 3.63) is 30.1 Å². The fourth-order valence-corrected chi connectivity index (χ4v) is 4.29. The Kier molecular flexibility index (Phi) is 6.09. The Morgan fingerprint density at radius 1 is 1.32 bits per heavy atom. The summed E-state index contributed by atoms with van der Waals surface area (Å²) in [4.78, 5) is 16.3. The molecule has 2 unspecified atom stereocenters. The van der Waals surface area contributed by atoms with Gasteiger partial charge in [0.15, 0.2) is 18.0 Å². The zero-order chi connectivity index (χ0) is 17.5. The van der Waals surface area contributed by atoms with E-state index in [4.69, 9.17) is 4.74 Å². The molecule has 2 atom stereocenters. The molecule has 2 N–H and O–H groups in total. The number of ether oxygens (including phenoxy) is 1. The number of hydrogen-bond acceptors (Lipinski definition) is 2. The fraction of sp³-hybridized carbons (Fsp3) is 0.619. The molecule has 0 bridgehead atoms. The average Bonchev–Trinajstić information content (AvgIpc) is 2.63.